The molecule has 0 fully saturated rings. The van der Waals surface area contributed by atoms with Gasteiger partial charge in [0, 0.05) is 18.2 Å². The Bertz CT molecular complexity index is 830. The largest absolute Gasteiger partial charge is 0.497 e. The highest BCUT2D eigenvalue weighted by Crippen LogP contribution is 2.38. The molecule has 0 aromatic heterocycles. The fourth-order valence-corrected chi connectivity index (χ4v) is 3.44. The van der Waals surface area contributed by atoms with E-state index in [9.17, 15) is 9.59 Å². The maximum absolute atomic E-state index is 13.0. The van der Waals surface area contributed by atoms with Crippen LogP contribution in [-0.2, 0) is 22.6 Å². The molecule has 27 heavy (non-hydrogen) atoms. The van der Waals surface area contributed by atoms with E-state index in [1.165, 1.54) is 12.5 Å². The summed E-state index contributed by atoms with van der Waals surface area (Å²) in [5.74, 6) is 0.483. The van der Waals surface area contributed by atoms with E-state index >= 15 is 0 Å². The molecule has 3 rings (SSSR count). The summed E-state index contributed by atoms with van der Waals surface area (Å²) in [6.45, 7) is 4.06. The van der Waals surface area contributed by atoms with Crippen molar-refractivity contribution in [2.45, 2.75) is 45.7 Å². The molecule has 1 N–H and O–H groups in total. The third-order valence-corrected chi connectivity index (χ3v) is 4.87. The molecule has 1 atom stereocenters. The molecular formula is C22H26N2O3. The molecule has 2 aromatic rings. The number of aryl methyl sites for hydroxylation is 1. The minimum Gasteiger partial charge on any atom is -0.497 e. The first-order valence-corrected chi connectivity index (χ1v) is 9.37. The van der Waals surface area contributed by atoms with E-state index in [2.05, 4.69) is 24.4 Å². The van der Waals surface area contributed by atoms with Crippen molar-refractivity contribution < 1.29 is 14.3 Å². The molecular weight excluding hydrogens is 340 g/mol. The van der Waals surface area contributed by atoms with Crippen LogP contribution < -0.4 is 15.0 Å². The Balaban J connectivity index is 1.91. The first kappa shape index (κ1) is 19.0. The second kappa shape index (κ2) is 8.25. The van der Waals surface area contributed by atoms with Gasteiger partial charge in [-0.3, -0.25) is 9.59 Å². The number of hydrogen-bond acceptors (Lipinski definition) is 3. The predicted molar refractivity (Wildman–Crippen MR) is 106 cm³/mol. The van der Waals surface area contributed by atoms with Crippen molar-refractivity contribution in [3.8, 4) is 5.75 Å². The fraction of sp³-hybridized carbons (Fsp3) is 0.364. The topological polar surface area (TPSA) is 58.6 Å². The zero-order valence-electron chi connectivity index (χ0n) is 16.1. The van der Waals surface area contributed by atoms with Crippen LogP contribution in [0.5, 0.6) is 5.75 Å². The number of anilines is 1. The van der Waals surface area contributed by atoms with Gasteiger partial charge in [0.1, 0.15) is 11.8 Å². The number of nitrogens with zero attached hydrogens (tertiary/aromatic N) is 1. The molecule has 5 nitrogen and oxygen atoms in total. The Labute approximate surface area is 160 Å². The number of methoxy groups -OCH3 is 1. The van der Waals surface area contributed by atoms with Gasteiger partial charge in [0.05, 0.1) is 13.7 Å². The van der Waals surface area contributed by atoms with E-state index in [0.717, 1.165) is 41.8 Å². The Hall–Kier alpha value is -2.82. The number of hydrogen-bond donors (Lipinski definition) is 1. The quantitative estimate of drug-likeness (QED) is 0.812. The number of carbonyl (C=O) groups excluding carboxylic acids is 2. The van der Waals surface area contributed by atoms with E-state index in [-0.39, 0.29) is 11.8 Å². The van der Waals surface area contributed by atoms with Crippen LogP contribution in [0.4, 0.5) is 5.69 Å². The van der Waals surface area contributed by atoms with Crippen LogP contribution in [0.3, 0.4) is 0 Å². The Morgan fingerprint density at radius 2 is 1.85 bits per heavy atom. The van der Waals surface area contributed by atoms with Gasteiger partial charge in [-0.1, -0.05) is 37.6 Å². The lowest BCUT2D eigenvalue weighted by atomic mass is 10.0. The van der Waals surface area contributed by atoms with Crippen LogP contribution in [0.15, 0.2) is 42.5 Å². The zero-order chi connectivity index (χ0) is 19.4. The first-order valence-electron chi connectivity index (χ1n) is 9.37. The van der Waals surface area contributed by atoms with Crippen LogP contribution in [0.25, 0.3) is 0 Å². The summed E-state index contributed by atoms with van der Waals surface area (Å²) in [4.78, 5) is 26.4. The van der Waals surface area contributed by atoms with E-state index < -0.39 is 6.04 Å². The number of rotatable bonds is 7. The third-order valence-electron chi connectivity index (χ3n) is 4.87. The second-order valence-corrected chi connectivity index (χ2v) is 6.90. The van der Waals surface area contributed by atoms with E-state index in [1.807, 2.05) is 30.3 Å². The van der Waals surface area contributed by atoms with Gasteiger partial charge in [0.25, 0.3) is 5.91 Å². The lowest BCUT2D eigenvalue weighted by molar-refractivity contribution is -0.126. The van der Waals surface area contributed by atoms with Crippen molar-refractivity contribution in [1.29, 1.82) is 0 Å². The molecule has 0 saturated carbocycles. The summed E-state index contributed by atoms with van der Waals surface area (Å²) in [6, 6.07) is 13.2. The fourth-order valence-electron chi connectivity index (χ4n) is 3.44. The lowest BCUT2D eigenvalue weighted by Crippen LogP contribution is -2.36. The summed E-state index contributed by atoms with van der Waals surface area (Å²) < 4.78 is 5.19. The average Bonchev–Trinajstić information content (AvgIpc) is 2.92. The number of ether oxygens (including phenoxy) is 1. The predicted octanol–water partition coefficient (Wildman–Crippen LogP) is 3.76. The summed E-state index contributed by atoms with van der Waals surface area (Å²) in [6.07, 6.45) is 3.20. The molecule has 0 spiro atoms. The van der Waals surface area contributed by atoms with Crippen LogP contribution in [-0.4, -0.2) is 18.9 Å². The van der Waals surface area contributed by atoms with Gasteiger partial charge in [-0.2, -0.15) is 0 Å². The van der Waals surface area contributed by atoms with E-state index in [1.54, 1.807) is 12.0 Å². The Morgan fingerprint density at radius 3 is 2.48 bits per heavy atom. The first-order chi connectivity index (χ1) is 13.0. The molecule has 142 valence electrons. The SMILES string of the molecule is CCCCc1ccc2c(c1)[C@@H](NC(C)=O)C(=O)N2Cc1ccc(OC)cc1. The third kappa shape index (κ3) is 4.13. The second-order valence-electron chi connectivity index (χ2n) is 6.90. The average molecular weight is 366 g/mol. The highest BCUT2D eigenvalue weighted by atomic mass is 16.5. The number of unbranched alkanes of at least 4 members (excludes halogenated alkanes) is 1. The van der Waals surface area contributed by atoms with Gasteiger partial charge in [0.2, 0.25) is 5.91 Å². The molecule has 1 heterocycles. The number of amides is 2. The van der Waals surface area contributed by atoms with Gasteiger partial charge in [-0.25, -0.2) is 0 Å². The van der Waals surface area contributed by atoms with Crippen molar-refractivity contribution in [1.82, 2.24) is 5.32 Å². The summed E-state index contributed by atoms with van der Waals surface area (Å²) in [5, 5.41) is 2.81. The number of carbonyl (C=O) groups is 2. The number of nitrogens with one attached hydrogen (secondary N) is 1. The molecule has 0 radical (unpaired) electrons. The van der Waals surface area contributed by atoms with Gasteiger partial charge >= 0.3 is 0 Å². The number of benzene rings is 2. The summed E-state index contributed by atoms with van der Waals surface area (Å²) in [5.41, 5.74) is 3.96. The Morgan fingerprint density at radius 1 is 1.15 bits per heavy atom. The maximum atomic E-state index is 13.0. The van der Waals surface area contributed by atoms with Crippen LogP contribution in [0.1, 0.15) is 49.4 Å². The highest BCUT2D eigenvalue weighted by Gasteiger charge is 2.37. The van der Waals surface area contributed by atoms with Crippen molar-refractivity contribution in [3.05, 3.63) is 59.2 Å². The van der Waals surface area contributed by atoms with Gasteiger partial charge < -0.3 is 15.0 Å². The molecule has 1 aliphatic heterocycles. The van der Waals surface area contributed by atoms with E-state index in [0.29, 0.717) is 6.54 Å². The van der Waals surface area contributed by atoms with Gasteiger partial charge in [-0.05, 0) is 42.2 Å². The molecule has 2 aromatic carbocycles. The smallest absolute Gasteiger partial charge is 0.254 e. The monoisotopic (exact) mass is 366 g/mol. The summed E-state index contributed by atoms with van der Waals surface area (Å²) >= 11 is 0. The molecule has 0 saturated heterocycles. The minimum atomic E-state index is -0.614. The standard InChI is InChI=1S/C22H26N2O3/c1-4-5-6-16-9-12-20-19(13-16)21(23-15(2)25)22(26)24(20)14-17-7-10-18(27-3)11-8-17/h7-13,21H,4-6,14H2,1-3H3,(H,23,25)/t21-/m1/s1. The Kier molecular flexibility index (Phi) is 5.79. The van der Waals surface area contributed by atoms with Crippen molar-refractivity contribution in [2.75, 3.05) is 12.0 Å². The number of fused-ring (bicyclic) bond motifs is 1. The lowest BCUT2D eigenvalue weighted by Gasteiger charge is -2.18. The minimum absolute atomic E-state index is 0.0938. The van der Waals surface area contributed by atoms with Crippen molar-refractivity contribution in [2.24, 2.45) is 0 Å². The molecule has 0 bridgehead atoms. The maximum Gasteiger partial charge on any atom is 0.254 e. The molecule has 5 heteroatoms. The zero-order valence-corrected chi connectivity index (χ0v) is 16.1. The van der Waals surface area contributed by atoms with Crippen LogP contribution in [0, 0.1) is 0 Å². The highest BCUT2D eigenvalue weighted by molar-refractivity contribution is 6.06. The van der Waals surface area contributed by atoms with Crippen molar-refractivity contribution in [3.63, 3.8) is 0 Å². The van der Waals surface area contributed by atoms with Crippen molar-refractivity contribution >= 4 is 17.5 Å². The van der Waals surface area contributed by atoms with Crippen LogP contribution in [0.2, 0.25) is 0 Å². The van der Waals surface area contributed by atoms with Crippen LogP contribution >= 0.6 is 0 Å². The molecule has 0 unspecified atom stereocenters. The summed E-state index contributed by atoms with van der Waals surface area (Å²) in [7, 11) is 1.63. The molecule has 0 aliphatic carbocycles. The molecule has 1 aliphatic rings. The normalized spacial score (nSPS) is 15.6. The van der Waals surface area contributed by atoms with Gasteiger partial charge in [0.15, 0.2) is 0 Å². The van der Waals surface area contributed by atoms with Gasteiger partial charge in [-0.15, -0.1) is 0 Å². The van der Waals surface area contributed by atoms with E-state index in [4.69, 9.17) is 4.74 Å². The molecule has 2 amide bonds.